The number of benzene rings is 1. The number of amides is 2. The van der Waals surface area contributed by atoms with Gasteiger partial charge in [-0.2, -0.15) is 13.2 Å². The zero-order valence-electron chi connectivity index (χ0n) is 10.8. The Balaban J connectivity index is 3.03. The molecule has 0 saturated heterocycles. The zero-order chi connectivity index (χ0) is 14.8. The third kappa shape index (κ3) is 3.56. The highest BCUT2D eigenvalue weighted by Crippen LogP contribution is 2.30. The molecule has 1 aromatic carbocycles. The number of carbonyl (C=O) groups is 2. The van der Waals surface area contributed by atoms with Crippen molar-refractivity contribution in [2.24, 2.45) is 0 Å². The lowest BCUT2D eigenvalue weighted by Crippen LogP contribution is -2.35. The molecule has 0 aromatic heterocycles. The topological polar surface area (TPSA) is 37.4 Å². The molecule has 0 aliphatic heterocycles. The summed E-state index contributed by atoms with van der Waals surface area (Å²) in [5, 5.41) is 0. The van der Waals surface area contributed by atoms with Crippen LogP contribution >= 0.6 is 0 Å². The molecule has 1 rings (SSSR count). The zero-order valence-corrected chi connectivity index (χ0v) is 10.8. The Morgan fingerprint density at radius 2 is 1.47 bits per heavy atom. The molecule has 0 unspecified atom stereocenters. The highest BCUT2D eigenvalue weighted by Gasteiger charge is 2.30. The van der Waals surface area contributed by atoms with E-state index in [9.17, 15) is 22.8 Å². The van der Waals surface area contributed by atoms with Crippen LogP contribution < -0.4 is 0 Å². The second kappa shape index (κ2) is 5.42. The van der Waals surface area contributed by atoms with Gasteiger partial charge in [-0.1, -0.05) is 12.1 Å². The molecule has 1 atom stereocenters. The third-order valence-electron chi connectivity index (χ3n) is 2.79. The molecular formula is C13H14F3NO2. The van der Waals surface area contributed by atoms with Crippen LogP contribution in [-0.4, -0.2) is 16.7 Å². The van der Waals surface area contributed by atoms with Gasteiger partial charge in [0, 0.05) is 13.8 Å². The monoisotopic (exact) mass is 273 g/mol. The van der Waals surface area contributed by atoms with Crippen molar-refractivity contribution in [1.82, 2.24) is 4.90 Å². The van der Waals surface area contributed by atoms with E-state index in [1.807, 2.05) is 0 Å². The molecule has 6 heteroatoms. The number of carbonyl (C=O) groups excluding carboxylic acids is 2. The minimum atomic E-state index is -4.40. The number of rotatable bonds is 2. The van der Waals surface area contributed by atoms with Crippen LogP contribution in [0, 0.1) is 0 Å². The van der Waals surface area contributed by atoms with Crippen LogP contribution in [0.5, 0.6) is 0 Å². The molecule has 104 valence electrons. The van der Waals surface area contributed by atoms with Crippen molar-refractivity contribution in [1.29, 1.82) is 0 Å². The maximum Gasteiger partial charge on any atom is 0.416 e. The third-order valence-corrected chi connectivity index (χ3v) is 2.79. The van der Waals surface area contributed by atoms with Crippen LogP contribution in [-0.2, 0) is 15.8 Å². The molecule has 0 N–H and O–H groups in total. The Hall–Kier alpha value is -1.85. The largest absolute Gasteiger partial charge is 0.416 e. The minimum absolute atomic E-state index is 0.445. The molecule has 0 saturated carbocycles. The minimum Gasteiger partial charge on any atom is -0.276 e. The number of nitrogens with zero attached hydrogens (tertiary/aromatic N) is 1. The summed E-state index contributed by atoms with van der Waals surface area (Å²) < 4.78 is 37.3. The smallest absolute Gasteiger partial charge is 0.276 e. The van der Waals surface area contributed by atoms with E-state index in [0.717, 1.165) is 17.0 Å². The maximum atomic E-state index is 12.4. The average Bonchev–Trinajstić information content (AvgIpc) is 2.27. The van der Waals surface area contributed by atoms with Crippen LogP contribution in [0.25, 0.3) is 0 Å². The van der Waals surface area contributed by atoms with Crippen LogP contribution in [0.15, 0.2) is 24.3 Å². The first-order chi connectivity index (χ1) is 8.64. The average molecular weight is 273 g/mol. The van der Waals surface area contributed by atoms with Gasteiger partial charge in [-0.3, -0.25) is 14.5 Å². The predicted molar refractivity (Wildman–Crippen MR) is 63.1 cm³/mol. The van der Waals surface area contributed by atoms with E-state index in [4.69, 9.17) is 0 Å². The summed E-state index contributed by atoms with van der Waals surface area (Å²) in [6.07, 6.45) is -4.40. The first kappa shape index (κ1) is 15.2. The van der Waals surface area contributed by atoms with Gasteiger partial charge in [0.2, 0.25) is 11.8 Å². The quantitative estimate of drug-likeness (QED) is 0.830. The molecule has 19 heavy (non-hydrogen) atoms. The molecule has 0 fully saturated rings. The lowest BCUT2D eigenvalue weighted by molar-refractivity contribution is -0.145. The van der Waals surface area contributed by atoms with Gasteiger partial charge in [0.15, 0.2) is 0 Å². The summed E-state index contributed by atoms with van der Waals surface area (Å²) in [4.78, 5) is 23.7. The fraction of sp³-hybridized carbons (Fsp3) is 0.385. The highest BCUT2D eigenvalue weighted by atomic mass is 19.4. The molecule has 0 heterocycles. The van der Waals surface area contributed by atoms with E-state index >= 15 is 0 Å². The number of hydrogen-bond acceptors (Lipinski definition) is 2. The number of hydrogen-bond donors (Lipinski definition) is 0. The van der Waals surface area contributed by atoms with E-state index in [-0.39, 0.29) is 0 Å². The summed E-state index contributed by atoms with van der Waals surface area (Å²) >= 11 is 0. The van der Waals surface area contributed by atoms with Crippen LogP contribution in [0.1, 0.15) is 37.9 Å². The van der Waals surface area contributed by atoms with Crippen molar-refractivity contribution >= 4 is 11.8 Å². The van der Waals surface area contributed by atoms with Crippen LogP contribution in [0.3, 0.4) is 0 Å². The van der Waals surface area contributed by atoms with E-state index < -0.39 is 29.6 Å². The summed E-state index contributed by atoms with van der Waals surface area (Å²) in [7, 11) is 0. The van der Waals surface area contributed by atoms with Crippen molar-refractivity contribution in [3.05, 3.63) is 35.4 Å². The van der Waals surface area contributed by atoms with E-state index in [0.29, 0.717) is 5.56 Å². The molecule has 0 bridgehead atoms. The number of halogens is 3. The van der Waals surface area contributed by atoms with Gasteiger partial charge in [0.25, 0.3) is 0 Å². The van der Waals surface area contributed by atoms with Crippen molar-refractivity contribution in [2.45, 2.75) is 33.0 Å². The van der Waals surface area contributed by atoms with Crippen LogP contribution in [0.2, 0.25) is 0 Å². The molecule has 0 radical (unpaired) electrons. The maximum absolute atomic E-state index is 12.4. The Morgan fingerprint density at radius 1 is 1.05 bits per heavy atom. The van der Waals surface area contributed by atoms with Gasteiger partial charge >= 0.3 is 6.18 Å². The van der Waals surface area contributed by atoms with Crippen molar-refractivity contribution in [3.63, 3.8) is 0 Å². The van der Waals surface area contributed by atoms with Crippen molar-refractivity contribution < 1.29 is 22.8 Å². The Labute approximate surface area is 109 Å². The van der Waals surface area contributed by atoms with Crippen LogP contribution in [0.4, 0.5) is 13.2 Å². The SMILES string of the molecule is CC(=O)N(C(C)=O)[C@H](C)c1ccc(C(F)(F)F)cc1. The molecule has 0 aliphatic rings. The van der Waals surface area contributed by atoms with Crippen molar-refractivity contribution in [2.75, 3.05) is 0 Å². The highest BCUT2D eigenvalue weighted by molar-refractivity contribution is 5.93. The second-order valence-corrected chi connectivity index (χ2v) is 4.20. The fourth-order valence-electron chi connectivity index (χ4n) is 1.87. The standard InChI is InChI=1S/C13H14F3NO2/c1-8(17(9(2)18)10(3)19)11-4-6-12(7-5-11)13(14,15)16/h4-8H,1-3H3/t8-/m1/s1. The Kier molecular flexibility index (Phi) is 4.34. The molecule has 3 nitrogen and oxygen atoms in total. The van der Waals surface area contributed by atoms with Gasteiger partial charge in [-0.15, -0.1) is 0 Å². The Bertz CT molecular complexity index is 466. The number of alkyl halides is 3. The first-order valence-electron chi connectivity index (χ1n) is 5.62. The van der Waals surface area contributed by atoms with Gasteiger partial charge in [0.1, 0.15) is 0 Å². The molecule has 0 spiro atoms. The Morgan fingerprint density at radius 3 is 1.79 bits per heavy atom. The number of imide groups is 1. The van der Waals surface area contributed by atoms with Gasteiger partial charge in [-0.25, -0.2) is 0 Å². The van der Waals surface area contributed by atoms with Gasteiger partial charge in [0.05, 0.1) is 11.6 Å². The molecule has 1 aromatic rings. The summed E-state index contributed by atoms with van der Waals surface area (Å²) in [6, 6.07) is 3.81. The normalized spacial score (nSPS) is 12.9. The first-order valence-corrected chi connectivity index (χ1v) is 5.62. The van der Waals surface area contributed by atoms with Gasteiger partial charge < -0.3 is 0 Å². The lowest BCUT2D eigenvalue weighted by Gasteiger charge is -2.25. The predicted octanol–water partition coefficient (Wildman–Crippen LogP) is 3.16. The molecular weight excluding hydrogens is 259 g/mol. The van der Waals surface area contributed by atoms with E-state index in [1.54, 1.807) is 6.92 Å². The van der Waals surface area contributed by atoms with Crippen molar-refractivity contribution in [3.8, 4) is 0 Å². The summed E-state index contributed by atoms with van der Waals surface area (Å²) in [6.45, 7) is 4.06. The van der Waals surface area contributed by atoms with E-state index in [2.05, 4.69) is 0 Å². The molecule has 2 amide bonds. The van der Waals surface area contributed by atoms with E-state index in [1.165, 1.54) is 26.0 Å². The lowest BCUT2D eigenvalue weighted by atomic mass is 10.0. The van der Waals surface area contributed by atoms with Gasteiger partial charge in [-0.05, 0) is 24.6 Å². The summed E-state index contributed by atoms with van der Waals surface area (Å²) in [5.74, 6) is -0.889. The second-order valence-electron chi connectivity index (χ2n) is 4.20. The summed E-state index contributed by atoms with van der Waals surface area (Å²) in [5.41, 5.74) is -0.293. The fourth-order valence-corrected chi connectivity index (χ4v) is 1.87. The molecule has 0 aliphatic carbocycles.